The molecule has 1 unspecified atom stereocenters. The average Bonchev–Trinajstić information content (AvgIpc) is 3.58. The van der Waals surface area contributed by atoms with E-state index in [2.05, 4.69) is 21.7 Å². The van der Waals surface area contributed by atoms with Crippen LogP contribution < -0.4 is 10.6 Å². The van der Waals surface area contributed by atoms with Gasteiger partial charge in [0.2, 0.25) is 5.91 Å². The molecule has 0 radical (unpaired) electrons. The van der Waals surface area contributed by atoms with Gasteiger partial charge in [-0.1, -0.05) is 6.07 Å². The van der Waals surface area contributed by atoms with Crippen LogP contribution in [0.3, 0.4) is 0 Å². The number of esters is 1. The lowest BCUT2D eigenvalue weighted by Gasteiger charge is -2.34. The molecule has 9 nitrogen and oxygen atoms in total. The highest BCUT2D eigenvalue weighted by molar-refractivity contribution is 5.89. The summed E-state index contributed by atoms with van der Waals surface area (Å²) in [5.41, 5.74) is 3.10. The van der Waals surface area contributed by atoms with Crippen molar-refractivity contribution in [3.63, 3.8) is 0 Å². The SMILES string of the molecule is CCOC(=O)CCNC(C)(C(=O)N1CCCC1)c1ccc2[nH]c(CCNc3ccc(C#N)cc3)nc2c1. The quantitative estimate of drug-likeness (QED) is 0.343. The van der Waals surface area contributed by atoms with Crippen LogP contribution in [0.25, 0.3) is 11.0 Å². The van der Waals surface area contributed by atoms with E-state index in [0.29, 0.717) is 31.7 Å². The van der Waals surface area contributed by atoms with Gasteiger partial charge in [-0.15, -0.1) is 0 Å². The Morgan fingerprint density at radius 2 is 1.92 bits per heavy atom. The number of carbonyl (C=O) groups excluding carboxylic acids is 2. The zero-order valence-electron chi connectivity index (χ0n) is 21.5. The maximum atomic E-state index is 13.6. The van der Waals surface area contributed by atoms with Crippen molar-refractivity contribution in [3.05, 3.63) is 59.4 Å². The Hall–Kier alpha value is -3.90. The molecular formula is C28H34N6O3. The Morgan fingerprint density at radius 3 is 2.62 bits per heavy atom. The number of anilines is 1. The molecule has 4 rings (SSSR count). The van der Waals surface area contributed by atoms with E-state index < -0.39 is 5.54 Å². The molecule has 0 bridgehead atoms. The van der Waals surface area contributed by atoms with Crippen LogP contribution in [-0.2, 0) is 26.3 Å². The topological polar surface area (TPSA) is 123 Å². The molecule has 1 fully saturated rings. The predicted octanol–water partition coefficient (Wildman–Crippen LogP) is 3.47. The number of hydrogen-bond donors (Lipinski definition) is 3. The Balaban J connectivity index is 1.48. The summed E-state index contributed by atoms with van der Waals surface area (Å²) in [6, 6.07) is 15.3. The van der Waals surface area contributed by atoms with Crippen LogP contribution in [0.15, 0.2) is 42.5 Å². The zero-order valence-corrected chi connectivity index (χ0v) is 21.5. The van der Waals surface area contributed by atoms with Gasteiger partial charge in [-0.2, -0.15) is 5.26 Å². The third kappa shape index (κ3) is 6.27. The molecule has 0 spiro atoms. The van der Waals surface area contributed by atoms with Gasteiger partial charge in [0.05, 0.1) is 35.7 Å². The highest BCUT2D eigenvalue weighted by Crippen LogP contribution is 2.28. The number of H-pyrrole nitrogens is 1. The number of imidazole rings is 1. The predicted molar refractivity (Wildman–Crippen MR) is 142 cm³/mol. The molecule has 9 heteroatoms. The fourth-order valence-electron chi connectivity index (χ4n) is 4.66. The van der Waals surface area contributed by atoms with Gasteiger partial charge in [0.25, 0.3) is 0 Å². The highest BCUT2D eigenvalue weighted by Gasteiger charge is 2.39. The van der Waals surface area contributed by atoms with Crippen molar-refractivity contribution in [2.75, 3.05) is 38.1 Å². The van der Waals surface area contributed by atoms with E-state index in [9.17, 15) is 9.59 Å². The van der Waals surface area contributed by atoms with Gasteiger partial charge >= 0.3 is 5.97 Å². The summed E-state index contributed by atoms with van der Waals surface area (Å²) < 4.78 is 5.05. The number of benzene rings is 2. The minimum absolute atomic E-state index is 0.00980. The van der Waals surface area contributed by atoms with Gasteiger partial charge in [-0.05, 0) is 68.7 Å². The van der Waals surface area contributed by atoms with Crippen LogP contribution in [0.5, 0.6) is 0 Å². The van der Waals surface area contributed by atoms with Crippen LogP contribution >= 0.6 is 0 Å². The van der Waals surface area contributed by atoms with Gasteiger partial charge in [0, 0.05) is 38.3 Å². The molecule has 1 saturated heterocycles. The zero-order chi connectivity index (χ0) is 26.3. The average molecular weight is 503 g/mol. The number of amides is 1. The van der Waals surface area contributed by atoms with Gasteiger partial charge in [0.1, 0.15) is 11.4 Å². The summed E-state index contributed by atoms with van der Waals surface area (Å²) >= 11 is 0. The molecule has 194 valence electrons. The monoisotopic (exact) mass is 502 g/mol. The van der Waals surface area contributed by atoms with Crippen molar-refractivity contribution in [1.29, 1.82) is 5.26 Å². The molecule has 1 aliphatic rings. The van der Waals surface area contributed by atoms with Gasteiger partial charge < -0.3 is 19.9 Å². The molecule has 3 aromatic rings. The first-order chi connectivity index (χ1) is 17.9. The summed E-state index contributed by atoms with van der Waals surface area (Å²) in [6.07, 6.45) is 2.88. The van der Waals surface area contributed by atoms with Crippen molar-refractivity contribution >= 4 is 28.6 Å². The minimum atomic E-state index is -0.985. The maximum Gasteiger partial charge on any atom is 0.307 e. The van der Waals surface area contributed by atoms with E-state index in [1.807, 2.05) is 42.2 Å². The number of rotatable bonds is 11. The van der Waals surface area contributed by atoms with E-state index in [4.69, 9.17) is 15.0 Å². The van der Waals surface area contributed by atoms with Crippen LogP contribution in [-0.4, -0.2) is 59.5 Å². The second-order valence-corrected chi connectivity index (χ2v) is 9.39. The number of aromatic amines is 1. The fourth-order valence-corrected chi connectivity index (χ4v) is 4.66. The van der Waals surface area contributed by atoms with Crippen LogP contribution in [0, 0.1) is 11.3 Å². The largest absolute Gasteiger partial charge is 0.466 e. The minimum Gasteiger partial charge on any atom is -0.466 e. The number of ether oxygens (including phenoxy) is 1. The fraction of sp³-hybridized carbons (Fsp3) is 0.429. The van der Waals surface area contributed by atoms with E-state index >= 15 is 0 Å². The standard InChI is InChI=1S/C28H34N6O3/c1-3-37-26(35)13-15-31-28(2,27(36)34-16-4-5-17-34)21-8-11-23-24(18-21)33-25(32-23)12-14-30-22-9-6-20(19-29)7-10-22/h6-11,18,30-31H,3-5,12-17H2,1-2H3,(H,32,33). The van der Waals surface area contributed by atoms with E-state index in [1.165, 1.54) is 0 Å². The Labute approximate surface area is 217 Å². The molecular weight excluding hydrogens is 468 g/mol. The lowest BCUT2D eigenvalue weighted by molar-refractivity contribution is -0.144. The molecule has 0 saturated carbocycles. The van der Waals surface area contributed by atoms with Crippen molar-refractivity contribution in [3.8, 4) is 6.07 Å². The molecule has 3 N–H and O–H groups in total. The first kappa shape index (κ1) is 26.2. The first-order valence-corrected chi connectivity index (χ1v) is 12.9. The molecule has 2 aromatic carbocycles. The van der Waals surface area contributed by atoms with Gasteiger partial charge in [-0.3, -0.25) is 14.9 Å². The third-order valence-electron chi connectivity index (χ3n) is 6.75. The van der Waals surface area contributed by atoms with Crippen molar-refractivity contribution in [2.24, 2.45) is 0 Å². The van der Waals surface area contributed by atoms with E-state index in [-0.39, 0.29) is 18.3 Å². The van der Waals surface area contributed by atoms with E-state index in [1.54, 1.807) is 19.1 Å². The molecule has 1 atom stereocenters. The van der Waals surface area contributed by atoms with Crippen molar-refractivity contribution in [2.45, 2.75) is 45.1 Å². The van der Waals surface area contributed by atoms with Crippen molar-refractivity contribution < 1.29 is 14.3 Å². The summed E-state index contributed by atoms with van der Waals surface area (Å²) in [6.45, 7) is 6.50. The highest BCUT2D eigenvalue weighted by atomic mass is 16.5. The van der Waals surface area contributed by atoms with Crippen LogP contribution in [0.4, 0.5) is 5.69 Å². The number of aromatic nitrogens is 2. The number of nitrogens with zero attached hydrogens (tertiary/aromatic N) is 3. The Kier molecular flexibility index (Phi) is 8.41. The lowest BCUT2D eigenvalue weighted by Crippen LogP contribution is -2.53. The second-order valence-electron chi connectivity index (χ2n) is 9.39. The summed E-state index contributed by atoms with van der Waals surface area (Å²) in [4.78, 5) is 35.5. The maximum absolute atomic E-state index is 13.6. The third-order valence-corrected chi connectivity index (χ3v) is 6.75. The number of nitriles is 1. The molecule has 2 heterocycles. The number of fused-ring (bicyclic) bond motifs is 1. The first-order valence-electron chi connectivity index (χ1n) is 12.9. The molecule has 1 amide bonds. The molecule has 37 heavy (non-hydrogen) atoms. The van der Waals surface area contributed by atoms with Gasteiger partial charge in [-0.25, -0.2) is 4.98 Å². The van der Waals surface area contributed by atoms with Crippen molar-refractivity contribution in [1.82, 2.24) is 20.2 Å². The van der Waals surface area contributed by atoms with E-state index in [0.717, 1.165) is 54.0 Å². The normalized spacial score (nSPS) is 14.8. The van der Waals surface area contributed by atoms with Crippen LogP contribution in [0.1, 0.15) is 50.1 Å². The summed E-state index contributed by atoms with van der Waals surface area (Å²) in [5, 5.41) is 15.6. The Morgan fingerprint density at radius 1 is 1.16 bits per heavy atom. The summed E-state index contributed by atoms with van der Waals surface area (Å²) in [5.74, 6) is 0.569. The van der Waals surface area contributed by atoms with Crippen LogP contribution in [0.2, 0.25) is 0 Å². The smallest absolute Gasteiger partial charge is 0.307 e. The summed E-state index contributed by atoms with van der Waals surface area (Å²) in [7, 11) is 0. The lowest BCUT2D eigenvalue weighted by atomic mass is 9.89. The second kappa shape index (κ2) is 11.9. The number of nitrogens with one attached hydrogen (secondary N) is 3. The number of hydrogen-bond acceptors (Lipinski definition) is 7. The van der Waals surface area contributed by atoms with Gasteiger partial charge in [0.15, 0.2) is 0 Å². The molecule has 0 aliphatic carbocycles. The molecule has 1 aromatic heterocycles. The molecule has 1 aliphatic heterocycles. The number of carbonyl (C=O) groups is 2. The number of likely N-dealkylation sites (tertiary alicyclic amines) is 1. The Bertz CT molecular complexity index is 1270.